The highest BCUT2D eigenvalue weighted by Crippen LogP contribution is 2.31. The molecule has 1 fully saturated rings. The number of nitrogens with zero attached hydrogens (tertiary/aromatic N) is 5. The lowest BCUT2D eigenvalue weighted by Crippen LogP contribution is -2.32. The Morgan fingerprint density at radius 3 is 2.50 bits per heavy atom. The van der Waals surface area contributed by atoms with Crippen molar-refractivity contribution in [2.24, 2.45) is 0 Å². The Bertz CT molecular complexity index is 1350. The third-order valence-corrected chi connectivity index (χ3v) is 8.09. The number of Topliss-reactive ketones (excluding diaryl/α,β-unsaturated/α-hetero) is 1. The predicted molar refractivity (Wildman–Crippen MR) is 129 cm³/mol. The monoisotopic (exact) mass is 477 g/mol. The Morgan fingerprint density at radius 1 is 1.09 bits per heavy atom. The van der Waals surface area contributed by atoms with E-state index in [-0.39, 0.29) is 29.0 Å². The Hall–Kier alpha value is -3.33. The zero-order valence-corrected chi connectivity index (χ0v) is 20.3. The number of aromatic nitrogens is 5. The second kappa shape index (κ2) is 9.13. The molecule has 3 aromatic rings. The van der Waals surface area contributed by atoms with E-state index >= 15 is 0 Å². The van der Waals surface area contributed by atoms with Gasteiger partial charge in [-0.3, -0.25) is 14.8 Å². The van der Waals surface area contributed by atoms with Crippen molar-refractivity contribution in [2.45, 2.75) is 56.5 Å². The maximum absolute atomic E-state index is 13.2. The van der Waals surface area contributed by atoms with E-state index in [1.54, 1.807) is 44.6 Å². The standard InChI is InChI=1S/C25H27N5O3S/c1-16(2)20-13-26-14-21(29-20)17-5-6-18(28-12-17)11-23(31)25(3,4)22-9-10-27-24(30-22)15-34(32,33)19-7-8-19/h5-6,9-10,12-14,19H,1,7-8,11,15H2,2-4H3. The van der Waals surface area contributed by atoms with E-state index in [4.69, 9.17) is 0 Å². The maximum atomic E-state index is 13.2. The number of pyridine rings is 1. The number of ketones is 1. The summed E-state index contributed by atoms with van der Waals surface area (Å²) in [6.07, 6.45) is 8.02. The van der Waals surface area contributed by atoms with Gasteiger partial charge < -0.3 is 0 Å². The topological polar surface area (TPSA) is 116 Å². The van der Waals surface area contributed by atoms with E-state index < -0.39 is 15.3 Å². The summed E-state index contributed by atoms with van der Waals surface area (Å²) in [7, 11) is -3.24. The molecular formula is C25H27N5O3S. The summed E-state index contributed by atoms with van der Waals surface area (Å²) in [5.41, 5.74) is 3.21. The molecule has 0 amide bonds. The molecule has 0 saturated heterocycles. The smallest absolute Gasteiger partial charge is 0.160 e. The van der Waals surface area contributed by atoms with Crippen LogP contribution in [-0.2, 0) is 32.2 Å². The van der Waals surface area contributed by atoms with E-state index in [0.29, 0.717) is 35.6 Å². The fourth-order valence-corrected chi connectivity index (χ4v) is 5.05. The molecular weight excluding hydrogens is 450 g/mol. The SMILES string of the molecule is C=C(C)c1cncc(-c2ccc(CC(=O)C(C)(C)c3ccnc(CS(=O)(=O)C4CC4)n3)nc2)n1. The predicted octanol–water partition coefficient (Wildman–Crippen LogP) is 3.53. The van der Waals surface area contributed by atoms with Crippen LogP contribution in [0, 0.1) is 0 Å². The van der Waals surface area contributed by atoms with Crippen LogP contribution in [0.2, 0.25) is 0 Å². The Balaban J connectivity index is 1.48. The highest BCUT2D eigenvalue weighted by Gasteiger charge is 2.37. The molecule has 0 radical (unpaired) electrons. The van der Waals surface area contributed by atoms with Crippen molar-refractivity contribution < 1.29 is 13.2 Å². The van der Waals surface area contributed by atoms with Gasteiger partial charge in [0.2, 0.25) is 0 Å². The summed E-state index contributed by atoms with van der Waals surface area (Å²) in [6, 6.07) is 5.32. The summed E-state index contributed by atoms with van der Waals surface area (Å²) >= 11 is 0. The van der Waals surface area contributed by atoms with Crippen LogP contribution in [0.15, 0.2) is 49.6 Å². The molecule has 176 valence electrons. The molecule has 34 heavy (non-hydrogen) atoms. The van der Waals surface area contributed by atoms with Crippen LogP contribution in [-0.4, -0.2) is 44.4 Å². The summed E-state index contributed by atoms with van der Waals surface area (Å²) in [5, 5.41) is -0.280. The van der Waals surface area contributed by atoms with Gasteiger partial charge in [-0.05, 0) is 57.4 Å². The van der Waals surface area contributed by atoms with Gasteiger partial charge in [-0.25, -0.2) is 23.4 Å². The first-order chi connectivity index (χ1) is 16.1. The Kier molecular flexibility index (Phi) is 6.40. The number of rotatable bonds is 9. The van der Waals surface area contributed by atoms with E-state index in [9.17, 15) is 13.2 Å². The first-order valence-corrected chi connectivity index (χ1v) is 12.8. The molecule has 4 rings (SSSR count). The molecule has 1 saturated carbocycles. The molecule has 9 heteroatoms. The third-order valence-electron chi connectivity index (χ3n) is 5.94. The van der Waals surface area contributed by atoms with Crippen molar-refractivity contribution in [1.29, 1.82) is 0 Å². The first-order valence-electron chi connectivity index (χ1n) is 11.1. The van der Waals surface area contributed by atoms with Crippen LogP contribution in [0.1, 0.15) is 56.5 Å². The van der Waals surface area contributed by atoms with Crippen LogP contribution >= 0.6 is 0 Å². The molecule has 0 atom stereocenters. The fraction of sp³-hybridized carbons (Fsp3) is 0.360. The van der Waals surface area contributed by atoms with Gasteiger partial charge in [0.15, 0.2) is 9.84 Å². The average Bonchev–Trinajstić information content (AvgIpc) is 3.66. The van der Waals surface area contributed by atoms with Crippen molar-refractivity contribution in [3.8, 4) is 11.3 Å². The van der Waals surface area contributed by atoms with Crippen LogP contribution in [0.25, 0.3) is 16.8 Å². The lowest BCUT2D eigenvalue weighted by molar-refractivity contribution is -0.123. The molecule has 1 aliphatic carbocycles. The van der Waals surface area contributed by atoms with Gasteiger partial charge in [0.25, 0.3) is 0 Å². The van der Waals surface area contributed by atoms with Crippen molar-refractivity contribution in [3.05, 3.63) is 72.5 Å². The third kappa shape index (κ3) is 5.25. The Morgan fingerprint density at radius 2 is 1.85 bits per heavy atom. The number of carbonyl (C=O) groups excluding carboxylic acids is 1. The average molecular weight is 478 g/mol. The molecule has 1 aliphatic rings. The van der Waals surface area contributed by atoms with Crippen LogP contribution in [0.3, 0.4) is 0 Å². The normalized spacial score (nSPS) is 14.1. The lowest BCUT2D eigenvalue weighted by Gasteiger charge is -2.22. The molecule has 0 aromatic carbocycles. The minimum absolute atomic E-state index is 0.0773. The van der Waals surface area contributed by atoms with Crippen LogP contribution in [0.5, 0.6) is 0 Å². The zero-order chi connectivity index (χ0) is 24.5. The van der Waals surface area contributed by atoms with E-state index in [1.165, 1.54) is 6.20 Å². The van der Waals surface area contributed by atoms with E-state index in [1.807, 2.05) is 13.0 Å². The minimum Gasteiger partial charge on any atom is -0.298 e. The molecule has 0 aliphatic heterocycles. The second-order valence-corrected chi connectivity index (χ2v) is 11.5. The second-order valence-electron chi connectivity index (χ2n) is 9.20. The molecule has 0 N–H and O–H groups in total. The fourth-order valence-electron chi connectivity index (χ4n) is 3.46. The van der Waals surface area contributed by atoms with Gasteiger partial charge in [0, 0.05) is 30.1 Å². The number of allylic oxidation sites excluding steroid dienone is 1. The van der Waals surface area contributed by atoms with Crippen molar-refractivity contribution in [2.75, 3.05) is 0 Å². The van der Waals surface area contributed by atoms with Crippen molar-refractivity contribution in [3.63, 3.8) is 0 Å². The van der Waals surface area contributed by atoms with Crippen LogP contribution in [0.4, 0.5) is 0 Å². The summed E-state index contributed by atoms with van der Waals surface area (Å²) in [5.74, 6) is -0.0498. The minimum atomic E-state index is -3.24. The highest BCUT2D eigenvalue weighted by molar-refractivity contribution is 7.91. The number of carbonyl (C=O) groups is 1. The highest BCUT2D eigenvalue weighted by atomic mass is 32.2. The summed E-state index contributed by atoms with van der Waals surface area (Å²) < 4.78 is 24.6. The van der Waals surface area contributed by atoms with Gasteiger partial charge >= 0.3 is 0 Å². The van der Waals surface area contributed by atoms with Crippen molar-refractivity contribution >= 4 is 21.2 Å². The summed E-state index contributed by atoms with van der Waals surface area (Å²) in [6.45, 7) is 9.33. The quantitative estimate of drug-likeness (QED) is 0.460. The molecule has 0 unspecified atom stereocenters. The van der Waals surface area contributed by atoms with Gasteiger partial charge in [0.05, 0.1) is 40.1 Å². The zero-order valence-electron chi connectivity index (χ0n) is 19.5. The lowest BCUT2D eigenvalue weighted by atomic mass is 9.82. The van der Waals surface area contributed by atoms with Gasteiger partial charge in [-0.2, -0.15) is 0 Å². The number of sulfone groups is 1. The number of hydrogen-bond donors (Lipinski definition) is 0. The van der Waals surface area contributed by atoms with E-state index in [2.05, 4.69) is 31.5 Å². The number of hydrogen-bond acceptors (Lipinski definition) is 8. The molecule has 0 spiro atoms. The van der Waals surface area contributed by atoms with E-state index in [0.717, 1.165) is 11.1 Å². The summed E-state index contributed by atoms with van der Waals surface area (Å²) in [4.78, 5) is 34.9. The Labute approximate surface area is 199 Å². The van der Waals surface area contributed by atoms with Gasteiger partial charge in [0.1, 0.15) is 17.4 Å². The largest absolute Gasteiger partial charge is 0.298 e. The van der Waals surface area contributed by atoms with Gasteiger partial charge in [-0.1, -0.05) is 6.58 Å². The first kappa shape index (κ1) is 23.8. The molecule has 0 bridgehead atoms. The molecule has 3 heterocycles. The van der Waals surface area contributed by atoms with Crippen molar-refractivity contribution in [1.82, 2.24) is 24.9 Å². The van der Waals surface area contributed by atoms with Crippen LogP contribution < -0.4 is 0 Å². The molecule has 3 aromatic heterocycles. The maximum Gasteiger partial charge on any atom is 0.160 e. The molecule has 8 nitrogen and oxygen atoms in total. The van der Waals surface area contributed by atoms with Gasteiger partial charge in [-0.15, -0.1) is 0 Å².